The van der Waals surface area contributed by atoms with E-state index in [0.717, 1.165) is 33.4 Å². The Balaban J connectivity index is 2.00. The van der Waals surface area contributed by atoms with E-state index in [9.17, 15) is 21.0 Å². The summed E-state index contributed by atoms with van der Waals surface area (Å²) in [5.74, 6) is -1.55. The van der Waals surface area contributed by atoms with Crippen LogP contribution >= 0.6 is 0 Å². The monoisotopic (exact) mass is 460 g/mol. The summed E-state index contributed by atoms with van der Waals surface area (Å²) >= 11 is 0. The van der Waals surface area contributed by atoms with Gasteiger partial charge in [-0.15, -0.1) is 0 Å². The number of hydrogen-bond donors (Lipinski definition) is 0. The van der Waals surface area contributed by atoms with Gasteiger partial charge in [0.1, 0.15) is 0 Å². The van der Waals surface area contributed by atoms with Crippen LogP contribution in [0.25, 0.3) is 11.1 Å². The molecule has 0 heterocycles. The lowest BCUT2D eigenvalue weighted by Gasteiger charge is -2.41. The van der Waals surface area contributed by atoms with Gasteiger partial charge < -0.3 is 0 Å². The first kappa shape index (κ1) is 22.6. The topological polar surface area (TPSA) is 95.2 Å². The normalized spacial score (nSPS) is 20.6. The number of nitrogens with zero attached hydrogens (tertiary/aromatic N) is 4. The van der Waals surface area contributed by atoms with Crippen LogP contribution in [-0.2, 0) is 0 Å². The zero-order valence-corrected chi connectivity index (χ0v) is 19.3. The first-order chi connectivity index (χ1) is 17.7. The van der Waals surface area contributed by atoms with Gasteiger partial charge in [-0.2, -0.15) is 21.0 Å². The van der Waals surface area contributed by atoms with E-state index in [2.05, 4.69) is 24.3 Å². The van der Waals surface area contributed by atoms with Gasteiger partial charge in [0.25, 0.3) is 0 Å². The third-order valence-electron chi connectivity index (χ3n) is 7.23. The molecular weight excluding hydrogens is 440 g/mol. The van der Waals surface area contributed by atoms with Crippen molar-refractivity contribution < 1.29 is 0 Å². The fourth-order valence-corrected chi connectivity index (χ4v) is 5.50. The molecule has 4 nitrogen and oxygen atoms in total. The standard InChI is InChI=1S/C32H20N4/c33-19-31(20-34)26-16-17-28(32(31,21-35)22-36)30(27(18-26)23-10-4-1-5-11-23)29(24-12-6-2-7-13-24)25-14-8-3-9-15-25/h1-18,26,28H. The SMILES string of the molecule is N#CC1(C#N)C2C=CC(C(=C(c3ccccc3)c3ccccc3)C(c3ccccc3)=C2)C1(C#N)C#N. The summed E-state index contributed by atoms with van der Waals surface area (Å²) in [6.45, 7) is 0. The summed E-state index contributed by atoms with van der Waals surface area (Å²) in [4.78, 5) is 0. The van der Waals surface area contributed by atoms with E-state index >= 15 is 0 Å². The van der Waals surface area contributed by atoms with Gasteiger partial charge >= 0.3 is 0 Å². The Bertz CT molecular complexity index is 1500. The molecule has 3 aliphatic carbocycles. The highest BCUT2D eigenvalue weighted by Gasteiger charge is 2.65. The molecule has 3 aromatic rings. The minimum Gasteiger partial charge on any atom is -0.196 e. The van der Waals surface area contributed by atoms with Gasteiger partial charge in [-0.1, -0.05) is 109 Å². The van der Waals surface area contributed by atoms with Crippen molar-refractivity contribution in [3.8, 4) is 24.3 Å². The van der Waals surface area contributed by atoms with Crippen LogP contribution < -0.4 is 0 Å². The second-order valence-electron chi connectivity index (χ2n) is 8.92. The van der Waals surface area contributed by atoms with E-state index in [0.29, 0.717) is 0 Å². The smallest absolute Gasteiger partial charge is 0.186 e. The molecule has 3 aromatic carbocycles. The summed E-state index contributed by atoms with van der Waals surface area (Å²) < 4.78 is 0. The minimum absolute atomic E-state index is 0.733. The molecule has 0 N–H and O–H groups in total. The molecule has 0 aliphatic heterocycles. The summed E-state index contributed by atoms with van der Waals surface area (Å²) in [6, 6.07) is 38.0. The van der Waals surface area contributed by atoms with E-state index < -0.39 is 22.7 Å². The van der Waals surface area contributed by atoms with Gasteiger partial charge in [-0.3, -0.25) is 0 Å². The van der Waals surface area contributed by atoms with Crippen molar-refractivity contribution in [2.45, 2.75) is 0 Å². The molecule has 0 fully saturated rings. The highest BCUT2D eigenvalue weighted by molar-refractivity contribution is 5.97. The van der Waals surface area contributed by atoms with E-state index in [4.69, 9.17) is 0 Å². The summed E-state index contributed by atoms with van der Waals surface area (Å²) in [6.07, 6.45) is 5.56. The van der Waals surface area contributed by atoms with Crippen molar-refractivity contribution in [1.29, 1.82) is 21.0 Å². The molecule has 0 aromatic heterocycles. The number of allylic oxidation sites excluding steroid dienone is 5. The van der Waals surface area contributed by atoms with Crippen LogP contribution in [0, 0.1) is 68.0 Å². The fraction of sp³-hybridized carbons (Fsp3) is 0.125. The maximum atomic E-state index is 10.5. The summed E-state index contributed by atoms with van der Waals surface area (Å²) in [5, 5.41) is 41.8. The van der Waals surface area contributed by atoms with Gasteiger partial charge in [0.15, 0.2) is 10.8 Å². The highest BCUT2D eigenvalue weighted by atomic mass is 14.6. The van der Waals surface area contributed by atoms with Crippen molar-refractivity contribution in [1.82, 2.24) is 0 Å². The molecule has 4 heteroatoms. The Kier molecular flexibility index (Phi) is 5.59. The van der Waals surface area contributed by atoms with Crippen LogP contribution in [0.5, 0.6) is 0 Å². The number of nitriles is 4. The third-order valence-corrected chi connectivity index (χ3v) is 7.23. The zero-order valence-electron chi connectivity index (χ0n) is 19.3. The average molecular weight is 461 g/mol. The predicted octanol–water partition coefficient (Wildman–Crippen LogP) is 6.46. The first-order valence-electron chi connectivity index (χ1n) is 11.6. The lowest BCUT2D eigenvalue weighted by atomic mass is 9.51. The third kappa shape index (κ3) is 3.11. The molecule has 0 radical (unpaired) electrons. The lowest BCUT2D eigenvalue weighted by molar-refractivity contribution is 0.205. The van der Waals surface area contributed by atoms with Gasteiger partial charge in [-0.05, 0) is 33.4 Å². The van der Waals surface area contributed by atoms with Gasteiger partial charge in [-0.25, -0.2) is 0 Å². The van der Waals surface area contributed by atoms with Crippen LogP contribution in [0.1, 0.15) is 16.7 Å². The van der Waals surface area contributed by atoms with Gasteiger partial charge in [0.05, 0.1) is 24.3 Å². The fourth-order valence-electron chi connectivity index (χ4n) is 5.50. The van der Waals surface area contributed by atoms with Gasteiger partial charge in [0, 0.05) is 11.8 Å². The Hall–Kier alpha value is -5.16. The number of hydrogen-bond acceptors (Lipinski definition) is 4. The molecule has 0 saturated carbocycles. The van der Waals surface area contributed by atoms with Crippen molar-refractivity contribution in [3.63, 3.8) is 0 Å². The quantitative estimate of drug-likeness (QED) is 0.419. The maximum Gasteiger partial charge on any atom is 0.186 e. The number of fused-ring (bicyclic) bond motifs is 2. The molecule has 2 unspecified atom stereocenters. The van der Waals surface area contributed by atoms with E-state index in [1.807, 2.05) is 109 Å². The Morgan fingerprint density at radius 3 is 1.53 bits per heavy atom. The average Bonchev–Trinajstić information content (AvgIpc) is 3.20. The van der Waals surface area contributed by atoms with Crippen molar-refractivity contribution in [2.75, 3.05) is 0 Å². The van der Waals surface area contributed by atoms with Crippen LogP contribution in [-0.4, -0.2) is 0 Å². The number of rotatable bonds is 3. The van der Waals surface area contributed by atoms with Crippen LogP contribution in [0.4, 0.5) is 0 Å². The maximum absolute atomic E-state index is 10.5. The number of benzene rings is 3. The Labute approximate surface area is 210 Å². The molecular formula is C32H20N4. The molecule has 0 saturated heterocycles. The summed E-state index contributed by atoms with van der Waals surface area (Å²) in [7, 11) is 0. The molecule has 2 atom stereocenters. The molecule has 0 spiro atoms. The van der Waals surface area contributed by atoms with Crippen molar-refractivity contribution in [2.24, 2.45) is 22.7 Å². The largest absolute Gasteiger partial charge is 0.196 e. The molecule has 2 bridgehead atoms. The Morgan fingerprint density at radius 1 is 0.583 bits per heavy atom. The van der Waals surface area contributed by atoms with Crippen LogP contribution in [0.3, 0.4) is 0 Å². The van der Waals surface area contributed by atoms with Crippen molar-refractivity contribution >= 4 is 11.1 Å². The highest BCUT2D eigenvalue weighted by Crippen LogP contribution is 2.61. The minimum atomic E-state index is -1.91. The molecule has 3 aliphatic rings. The second-order valence-corrected chi connectivity index (χ2v) is 8.92. The van der Waals surface area contributed by atoms with E-state index in [1.165, 1.54) is 0 Å². The molecule has 168 valence electrons. The first-order valence-corrected chi connectivity index (χ1v) is 11.6. The lowest BCUT2D eigenvalue weighted by Crippen LogP contribution is -2.49. The molecule has 36 heavy (non-hydrogen) atoms. The predicted molar refractivity (Wildman–Crippen MR) is 137 cm³/mol. The second kappa shape index (κ2) is 8.89. The van der Waals surface area contributed by atoms with Crippen molar-refractivity contribution in [3.05, 3.63) is 131 Å². The van der Waals surface area contributed by atoms with E-state index in [-0.39, 0.29) is 0 Å². The Morgan fingerprint density at radius 2 is 1.06 bits per heavy atom. The molecule has 6 rings (SSSR count). The van der Waals surface area contributed by atoms with Crippen LogP contribution in [0.2, 0.25) is 0 Å². The molecule has 0 amide bonds. The summed E-state index contributed by atoms with van der Waals surface area (Å²) in [5.41, 5.74) is 1.40. The van der Waals surface area contributed by atoms with Gasteiger partial charge in [0.2, 0.25) is 0 Å². The van der Waals surface area contributed by atoms with E-state index in [1.54, 1.807) is 0 Å². The van der Waals surface area contributed by atoms with Crippen LogP contribution in [0.15, 0.2) is 115 Å². The zero-order chi connectivity index (χ0) is 25.2.